The van der Waals surface area contributed by atoms with Crippen LogP contribution in [0.4, 0.5) is 5.82 Å². The lowest BCUT2D eigenvalue weighted by Gasteiger charge is -2.19. The largest absolute Gasteiger partial charge is 0.381 e. The zero-order chi connectivity index (χ0) is 26.8. The SMILES string of the molecule is CC(NC(=O)c1c(N)nn2cccnc12)c1nc2cccc(C#Cc3ccncc3)c2cc1-c1ccccc1. The molecule has 2 aromatic carbocycles. The van der Waals surface area contributed by atoms with Gasteiger partial charge >= 0.3 is 0 Å². The topological polar surface area (TPSA) is 111 Å². The summed E-state index contributed by atoms with van der Waals surface area (Å²) in [5.74, 6) is 6.25. The number of nitrogens with two attached hydrogens (primary N) is 1. The van der Waals surface area contributed by atoms with Crippen molar-refractivity contribution in [2.45, 2.75) is 13.0 Å². The Morgan fingerprint density at radius 2 is 1.79 bits per heavy atom. The monoisotopic (exact) mass is 509 g/mol. The molecule has 1 amide bonds. The van der Waals surface area contributed by atoms with Gasteiger partial charge in [0, 0.05) is 46.9 Å². The molecule has 0 saturated heterocycles. The highest BCUT2D eigenvalue weighted by Crippen LogP contribution is 2.32. The number of fused-ring (bicyclic) bond motifs is 2. The van der Waals surface area contributed by atoms with E-state index in [4.69, 9.17) is 10.7 Å². The molecule has 6 aromatic rings. The van der Waals surface area contributed by atoms with E-state index in [1.165, 1.54) is 4.52 Å². The molecule has 6 rings (SSSR count). The molecule has 8 heteroatoms. The van der Waals surface area contributed by atoms with Crippen LogP contribution in [0.3, 0.4) is 0 Å². The van der Waals surface area contributed by atoms with Gasteiger partial charge in [-0.3, -0.25) is 9.78 Å². The Morgan fingerprint density at radius 1 is 0.974 bits per heavy atom. The zero-order valence-electron chi connectivity index (χ0n) is 21.0. The smallest absolute Gasteiger partial charge is 0.259 e. The number of carbonyl (C=O) groups is 1. The van der Waals surface area contributed by atoms with E-state index in [0.29, 0.717) is 5.65 Å². The van der Waals surface area contributed by atoms with Crippen LogP contribution in [0.25, 0.3) is 27.7 Å². The second kappa shape index (κ2) is 10.1. The number of anilines is 1. The number of aromatic nitrogens is 5. The van der Waals surface area contributed by atoms with Crippen molar-refractivity contribution in [1.29, 1.82) is 0 Å². The third kappa shape index (κ3) is 4.65. The molecule has 0 aliphatic rings. The summed E-state index contributed by atoms with van der Waals surface area (Å²) in [5.41, 5.74) is 11.9. The third-order valence-electron chi connectivity index (χ3n) is 6.40. The van der Waals surface area contributed by atoms with Crippen LogP contribution >= 0.6 is 0 Å². The lowest BCUT2D eigenvalue weighted by Crippen LogP contribution is -2.28. The first kappa shape index (κ1) is 23.8. The number of rotatable bonds is 4. The van der Waals surface area contributed by atoms with Crippen LogP contribution in [0.5, 0.6) is 0 Å². The molecule has 8 nitrogen and oxygen atoms in total. The van der Waals surface area contributed by atoms with Gasteiger partial charge < -0.3 is 11.1 Å². The lowest BCUT2D eigenvalue weighted by atomic mass is 9.96. The maximum Gasteiger partial charge on any atom is 0.259 e. The fourth-order valence-corrected chi connectivity index (χ4v) is 4.53. The molecule has 1 atom stereocenters. The number of benzene rings is 2. The molecule has 0 radical (unpaired) electrons. The number of hydrogen-bond donors (Lipinski definition) is 2. The predicted octanol–water partition coefficient (Wildman–Crippen LogP) is 4.81. The predicted molar refractivity (Wildman–Crippen MR) is 151 cm³/mol. The molecule has 0 spiro atoms. The average molecular weight is 510 g/mol. The van der Waals surface area contributed by atoms with Crippen LogP contribution < -0.4 is 11.1 Å². The summed E-state index contributed by atoms with van der Waals surface area (Å²) in [6.07, 6.45) is 6.75. The Morgan fingerprint density at radius 3 is 2.62 bits per heavy atom. The number of amides is 1. The number of hydrogen-bond acceptors (Lipinski definition) is 6. The van der Waals surface area contributed by atoms with E-state index in [2.05, 4.69) is 38.3 Å². The Bertz CT molecular complexity index is 1890. The van der Waals surface area contributed by atoms with Crippen LogP contribution in [0.1, 0.15) is 40.1 Å². The van der Waals surface area contributed by atoms with Crippen molar-refractivity contribution in [3.05, 3.63) is 120 Å². The average Bonchev–Trinajstić information content (AvgIpc) is 3.32. The van der Waals surface area contributed by atoms with Gasteiger partial charge in [0.1, 0.15) is 5.56 Å². The van der Waals surface area contributed by atoms with E-state index < -0.39 is 6.04 Å². The molecule has 4 aromatic heterocycles. The van der Waals surface area contributed by atoms with Gasteiger partial charge in [0.05, 0.1) is 17.3 Å². The summed E-state index contributed by atoms with van der Waals surface area (Å²) in [4.78, 5) is 26.7. The number of nitrogens with one attached hydrogen (secondary N) is 1. The van der Waals surface area contributed by atoms with Gasteiger partial charge in [-0.1, -0.05) is 48.2 Å². The van der Waals surface area contributed by atoms with Crippen molar-refractivity contribution >= 4 is 28.3 Å². The minimum absolute atomic E-state index is 0.116. The van der Waals surface area contributed by atoms with Crippen molar-refractivity contribution in [3.8, 4) is 23.0 Å². The molecule has 188 valence electrons. The van der Waals surface area contributed by atoms with E-state index in [1.807, 2.05) is 67.6 Å². The van der Waals surface area contributed by atoms with E-state index in [-0.39, 0.29) is 17.3 Å². The number of pyridine rings is 2. The minimum Gasteiger partial charge on any atom is -0.381 e. The highest BCUT2D eigenvalue weighted by Gasteiger charge is 2.23. The first-order chi connectivity index (χ1) is 19.1. The molecule has 0 fully saturated rings. The molecular weight excluding hydrogens is 486 g/mol. The van der Waals surface area contributed by atoms with Gasteiger partial charge in [0.15, 0.2) is 11.5 Å². The van der Waals surface area contributed by atoms with Gasteiger partial charge in [-0.15, -0.1) is 5.10 Å². The zero-order valence-corrected chi connectivity index (χ0v) is 21.0. The maximum absolute atomic E-state index is 13.4. The van der Waals surface area contributed by atoms with Crippen molar-refractivity contribution in [3.63, 3.8) is 0 Å². The summed E-state index contributed by atoms with van der Waals surface area (Å²) in [5, 5.41) is 8.19. The second-order valence-corrected chi connectivity index (χ2v) is 8.99. The van der Waals surface area contributed by atoms with Crippen LogP contribution in [0.15, 0.2) is 97.6 Å². The van der Waals surface area contributed by atoms with E-state index >= 15 is 0 Å². The molecule has 0 aliphatic carbocycles. The lowest BCUT2D eigenvalue weighted by molar-refractivity contribution is 0.0941. The summed E-state index contributed by atoms with van der Waals surface area (Å²) in [7, 11) is 0. The van der Waals surface area contributed by atoms with E-state index in [0.717, 1.165) is 38.9 Å². The van der Waals surface area contributed by atoms with Gasteiger partial charge in [-0.25, -0.2) is 14.5 Å². The number of nitrogen functional groups attached to an aromatic ring is 1. The summed E-state index contributed by atoms with van der Waals surface area (Å²) < 4.78 is 1.49. The molecule has 4 heterocycles. The standard InChI is InChI=1S/C31H23N7O/c1-20(35-31(39)27-29(32)37-38-18-6-15-34-30(27)38)28-25(22-7-3-2-4-8-22)19-24-23(9-5-10-26(24)36-28)12-11-21-13-16-33-17-14-21/h2-10,13-20H,1H3,(H2,32,37)(H,35,39). The molecule has 1 unspecified atom stereocenters. The Kier molecular flexibility index (Phi) is 6.15. The second-order valence-electron chi connectivity index (χ2n) is 8.99. The quantitative estimate of drug-likeness (QED) is 0.330. The number of carbonyl (C=O) groups excluding carboxylic acids is 1. The fraction of sp³-hybridized carbons (Fsp3) is 0.0645. The van der Waals surface area contributed by atoms with Gasteiger partial charge in [-0.2, -0.15) is 0 Å². The third-order valence-corrected chi connectivity index (χ3v) is 6.40. The Balaban J connectivity index is 1.43. The van der Waals surface area contributed by atoms with Crippen molar-refractivity contribution < 1.29 is 4.79 Å². The van der Waals surface area contributed by atoms with E-state index in [9.17, 15) is 4.79 Å². The molecule has 3 N–H and O–H groups in total. The van der Waals surface area contributed by atoms with Crippen molar-refractivity contribution in [2.75, 3.05) is 5.73 Å². The van der Waals surface area contributed by atoms with Gasteiger partial charge in [0.25, 0.3) is 5.91 Å². The van der Waals surface area contributed by atoms with Gasteiger partial charge in [-0.05, 0) is 48.9 Å². The fourth-order valence-electron chi connectivity index (χ4n) is 4.53. The van der Waals surface area contributed by atoms with Crippen LogP contribution in [0, 0.1) is 11.8 Å². The molecule has 0 aliphatic heterocycles. The van der Waals surface area contributed by atoms with Crippen LogP contribution in [-0.4, -0.2) is 30.5 Å². The number of nitrogens with zero attached hydrogens (tertiary/aromatic N) is 5. The normalized spacial score (nSPS) is 11.6. The molecule has 0 bridgehead atoms. The van der Waals surface area contributed by atoms with Crippen molar-refractivity contribution in [1.82, 2.24) is 29.9 Å². The van der Waals surface area contributed by atoms with Gasteiger partial charge in [0.2, 0.25) is 0 Å². The Labute approximate surface area is 224 Å². The maximum atomic E-state index is 13.4. The molecule has 39 heavy (non-hydrogen) atoms. The van der Waals surface area contributed by atoms with Crippen LogP contribution in [-0.2, 0) is 0 Å². The first-order valence-corrected chi connectivity index (χ1v) is 12.4. The van der Waals surface area contributed by atoms with E-state index in [1.54, 1.807) is 30.9 Å². The van der Waals surface area contributed by atoms with Crippen molar-refractivity contribution in [2.24, 2.45) is 0 Å². The van der Waals surface area contributed by atoms with Crippen LogP contribution in [0.2, 0.25) is 0 Å². The summed E-state index contributed by atoms with van der Waals surface area (Å²) >= 11 is 0. The summed E-state index contributed by atoms with van der Waals surface area (Å²) in [6.45, 7) is 1.90. The first-order valence-electron chi connectivity index (χ1n) is 12.4. The Hall–Kier alpha value is -5.55. The highest BCUT2D eigenvalue weighted by atomic mass is 16.1. The highest BCUT2D eigenvalue weighted by molar-refractivity contribution is 6.04. The molecule has 0 saturated carbocycles. The minimum atomic E-state index is -0.443. The summed E-state index contributed by atoms with van der Waals surface area (Å²) in [6, 6.07) is 23.0. The molecular formula is C31H23N7O.